The van der Waals surface area contributed by atoms with Crippen molar-refractivity contribution in [2.24, 2.45) is 5.92 Å². The van der Waals surface area contributed by atoms with Gasteiger partial charge in [-0.15, -0.1) is 0 Å². The second-order valence-corrected chi connectivity index (χ2v) is 11.6. The smallest absolute Gasteiger partial charge is 0.305 e. The van der Waals surface area contributed by atoms with Crippen molar-refractivity contribution in [1.29, 1.82) is 0 Å². The Morgan fingerprint density at radius 1 is 0.976 bits per heavy atom. The van der Waals surface area contributed by atoms with E-state index in [0.717, 1.165) is 55.8 Å². The highest BCUT2D eigenvalue weighted by molar-refractivity contribution is 6.35. The predicted molar refractivity (Wildman–Crippen MR) is 160 cm³/mol. The Bertz CT molecular complexity index is 1530. The Morgan fingerprint density at radius 2 is 1.74 bits per heavy atom. The summed E-state index contributed by atoms with van der Waals surface area (Å²) in [5.41, 5.74) is 3.68. The Kier molecular flexibility index (Phi) is 8.55. The minimum Gasteiger partial charge on any atom is -0.469 e. The zero-order valence-corrected chi connectivity index (χ0v) is 24.8. The molecule has 2 aliphatic heterocycles. The van der Waals surface area contributed by atoms with Crippen LogP contribution in [-0.4, -0.2) is 62.1 Å². The fourth-order valence-electron chi connectivity index (χ4n) is 5.48. The van der Waals surface area contributed by atoms with Gasteiger partial charge in [-0.25, -0.2) is 19.9 Å². The van der Waals surface area contributed by atoms with E-state index in [1.54, 1.807) is 18.5 Å². The van der Waals surface area contributed by atoms with Crippen LogP contribution in [0.1, 0.15) is 30.5 Å². The van der Waals surface area contributed by atoms with Crippen molar-refractivity contribution in [3.8, 4) is 22.9 Å². The molecule has 1 fully saturated rings. The Labute approximate surface area is 254 Å². The number of rotatable bonds is 8. The van der Waals surface area contributed by atoms with Gasteiger partial charge in [-0.2, -0.15) is 0 Å². The summed E-state index contributed by atoms with van der Waals surface area (Å²) in [4.78, 5) is 34.3. The van der Waals surface area contributed by atoms with Crippen molar-refractivity contribution in [2.75, 3.05) is 31.6 Å². The fraction of sp³-hybridized carbons (Fsp3) is 0.367. The van der Waals surface area contributed by atoms with Gasteiger partial charge in [-0.3, -0.25) is 9.69 Å². The molecule has 42 heavy (non-hydrogen) atoms. The number of hydrogen-bond acceptors (Lipinski definition) is 9. The molecule has 0 N–H and O–H groups in total. The molecule has 0 radical (unpaired) electrons. The van der Waals surface area contributed by atoms with Crippen LogP contribution in [-0.2, 0) is 29.2 Å². The van der Waals surface area contributed by atoms with E-state index in [0.29, 0.717) is 58.7 Å². The molecule has 10 nitrogen and oxygen atoms in total. The number of imidazole rings is 1. The molecule has 6 rings (SSSR count). The molecule has 2 aliphatic rings. The van der Waals surface area contributed by atoms with Gasteiger partial charge in [0.2, 0.25) is 11.8 Å². The molecule has 5 heterocycles. The summed E-state index contributed by atoms with van der Waals surface area (Å²) in [6.45, 7) is 4.85. The maximum Gasteiger partial charge on any atom is 0.305 e. The standard InChI is InChI=1S/C30H31Cl2N7O3/c1-41-29(40)10-20-2-4-37(5-3-20)17-21-8-27(22-11-23(31)13-24(32)12-22)36-28(9-21)42-26-15-34-30(35-16-26)38-6-7-39-19-33-14-25(39)18-38/h8-9,11-16,19-20H,2-7,10,17-18H2,1H3. The van der Waals surface area contributed by atoms with Gasteiger partial charge in [0.05, 0.1) is 43.8 Å². The van der Waals surface area contributed by atoms with Crippen LogP contribution in [0.3, 0.4) is 0 Å². The van der Waals surface area contributed by atoms with Gasteiger partial charge in [-0.05, 0) is 61.7 Å². The van der Waals surface area contributed by atoms with E-state index in [2.05, 4.69) is 29.3 Å². The number of likely N-dealkylation sites (tertiary alicyclic amines) is 1. The third-order valence-electron chi connectivity index (χ3n) is 7.70. The number of piperidine rings is 1. The molecule has 1 aromatic carbocycles. The van der Waals surface area contributed by atoms with Crippen molar-refractivity contribution < 1.29 is 14.3 Å². The number of aromatic nitrogens is 5. The normalized spacial score (nSPS) is 15.8. The van der Waals surface area contributed by atoms with Crippen molar-refractivity contribution in [3.63, 3.8) is 0 Å². The number of nitrogens with zero attached hydrogens (tertiary/aromatic N) is 7. The van der Waals surface area contributed by atoms with Crippen LogP contribution >= 0.6 is 23.2 Å². The zero-order chi connectivity index (χ0) is 29.1. The number of halogens is 2. The summed E-state index contributed by atoms with van der Waals surface area (Å²) in [6, 6.07) is 9.35. The number of esters is 1. The monoisotopic (exact) mass is 607 g/mol. The molecule has 0 spiro atoms. The number of hydrogen-bond donors (Lipinski definition) is 0. The third kappa shape index (κ3) is 6.83. The zero-order valence-electron chi connectivity index (χ0n) is 23.2. The molecule has 0 aliphatic carbocycles. The van der Waals surface area contributed by atoms with E-state index in [-0.39, 0.29) is 5.97 Å². The first-order chi connectivity index (χ1) is 20.4. The van der Waals surface area contributed by atoms with E-state index < -0.39 is 0 Å². The number of pyridine rings is 1. The predicted octanol–water partition coefficient (Wildman–Crippen LogP) is 5.63. The van der Waals surface area contributed by atoms with Gasteiger partial charge in [0.25, 0.3) is 0 Å². The lowest BCUT2D eigenvalue weighted by Gasteiger charge is -2.31. The van der Waals surface area contributed by atoms with Gasteiger partial charge >= 0.3 is 5.97 Å². The molecule has 218 valence electrons. The highest BCUT2D eigenvalue weighted by Gasteiger charge is 2.23. The molecule has 0 saturated carbocycles. The van der Waals surface area contributed by atoms with E-state index in [4.69, 9.17) is 37.7 Å². The van der Waals surface area contributed by atoms with Crippen LogP contribution in [0, 0.1) is 5.92 Å². The first kappa shape index (κ1) is 28.4. The third-order valence-corrected chi connectivity index (χ3v) is 8.13. The van der Waals surface area contributed by atoms with E-state index in [1.165, 1.54) is 7.11 Å². The highest BCUT2D eigenvalue weighted by atomic mass is 35.5. The highest BCUT2D eigenvalue weighted by Crippen LogP contribution is 2.31. The number of methoxy groups -OCH3 is 1. The average Bonchev–Trinajstić information content (AvgIpc) is 3.46. The lowest BCUT2D eigenvalue weighted by Crippen LogP contribution is -2.34. The van der Waals surface area contributed by atoms with Gasteiger partial charge < -0.3 is 18.9 Å². The summed E-state index contributed by atoms with van der Waals surface area (Å²) in [6.07, 6.45) is 9.43. The van der Waals surface area contributed by atoms with E-state index in [1.807, 2.05) is 36.8 Å². The van der Waals surface area contributed by atoms with Gasteiger partial charge in [-0.1, -0.05) is 23.2 Å². The maximum atomic E-state index is 11.7. The number of carbonyl (C=O) groups is 1. The molecule has 3 aromatic heterocycles. The maximum absolute atomic E-state index is 11.7. The molecular formula is C30H31Cl2N7O3. The molecule has 12 heteroatoms. The van der Waals surface area contributed by atoms with Gasteiger partial charge in [0.1, 0.15) is 0 Å². The summed E-state index contributed by atoms with van der Waals surface area (Å²) in [5, 5.41) is 1.06. The molecule has 0 unspecified atom stereocenters. The first-order valence-electron chi connectivity index (χ1n) is 13.9. The SMILES string of the molecule is COC(=O)CC1CCN(Cc2cc(Oc3cnc(N4CCn5cncc5C4)nc3)nc(-c3cc(Cl)cc(Cl)c3)c2)CC1. The van der Waals surface area contributed by atoms with Crippen molar-refractivity contribution in [1.82, 2.24) is 29.4 Å². The Morgan fingerprint density at radius 3 is 2.48 bits per heavy atom. The quantitative estimate of drug-likeness (QED) is 0.236. The Balaban J connectivity index is 1.19. The first-order valence-corrected chi connectivity index (χ1v) is 14.7. The number of anilines is 1. The van der Waals surface area contributed by atoms with Crippen LogP contribution in [0.2, 0.25) is 10.0 Å². The van der Waals surface area contributed by atoms with Crippen molar-refractivity contribution in [3.05, 3.63) is 76.6 Å². The van der Waals surface area contributed by atoms with Crippen LogP contribution < -0.4 is 9.64 Å². The number of benzene rings is 1. The minimum absolute atomic E-state index is 0.144. The lowest BCUT2D eigenvalue weighted by molar-refractivity contribution is -0.142. The van der Waals surface area contributed by atoms with Crippen LogP contribution in [0.15, 0.2) is 55.2 Å². The van der Waals surface area contributed by atoms with Crippen LogP contribution in [0.4, 0.5) is 5.95 Å². The van der Waals surface area contributed by atoms with Crippen LogP contribution in [0.25, 0.3) is 11.3 Å². The summed E-state index contributed by atoms with van der Waals surface area (Å²) < 4.78 is 13.2. The van der Waals surface area contributed by atoms with E-state index in [9.17, 15) is 4.79 Å². The van der Waals surface area contributed by atoms with Crippen LogP contribution in [0.5, 0.6) is 11.6 Å². The molecule has 4 aromatic rings. The topological polar surface area (TPSA) is 98.5 Å². The molecule has 0 bridgehead atoms. The number of ether oxygens (including phenoxy) is 2. The molecule has 0 atom stereocenters. The van der Waals surface area contributed by atoms with Gasteiger partial charge in [0.15, 0.2) is 5.75 Å². The molecular weight excluding hydrogens is 577 g/mol. The largest absolute Gasteiger partial charge is 0.469 e. The summed E-state index contributed by atoms with van der Waals surface area (Å²) in [7, 11) is 1.44. The van der Waals surface area contributed by atoms with Crippen molar-refractivity contribution >= 4 is 35.1 Å². The number of carbonyl (C=O) groups excluding carboxylic acids is 1. The minimum atomic E-state index is -0.144. The fourth-order valence-corrected chi connectivity index (χ4v) is 6.01. The second-order valence-electron chi connectivity index (χ2n) is 10.7. The summed E-state index contributed by atoms with van der Waals surface area (Å²) >= 11 is 12.6. The Hall–Kier alpha value is -3.73. The van der Waals surface area contributed by atoms with Gasteiger partial charge in [0, 0.05) is 53.9 Å². The van der Waals surface area contributed by atoms with Crippen molar-refractivity contribution in [2.45, 2.75) is 38.9 Å². The second kappa shape index (κ2) is 12.6. The molecule has 1 saturated heterocycles. The average molecular weight is 609 g/mol. The van der Waals surface area contributed by atoms with E-state index >= 15 is 0 Å². The summed E-state index contributed by atoms with van der Waals surface area (Å²) in [5.74, 6) is 1.77. The number of fused-ring (bicyclic) bond motifs is 1. The lowest BCUT2D eigenvalue weighted by atomic mass is 9.93. The molecule has 0 amide bonds.